The van der Waals surface area contributed by atoms with Gasteiger partial charge in [-0.1, -0.05) is 6.92 Å². The molecule has 0 amide bonds. The maximum atomic E-state index is 12.3. The van der Waals surface area contributed by atoms with Crippen molar-refractivity contribution >= 4 is 23.3 Å². The van der Waals surface area contributed by atoms with Gasteiger partial charge in [0.1, 0.15) is 28.6 Å². The van der Waals surface area contributed by atoms with Gasteiger partial charge in [0.25, 0.3) is 0 Å². The Balaban J connectivity index is 1.65. The number of furan rings is 1. The van der Waals surface area contributed by atoms with Crippen LogP contribution in [0.4, 0.5) is 0 Å². The van der Waals surface area contributed by atoms with Crippen LogP contribution in [0.25, 0.3) is 0 Å². The van der Waals surface area contributed by atoms with Crippen LogP contribution in [0, 0.1) is 12.8 Å². The van der Waals surface area contributed by atoms with E-state index in [0.29, 0.717) is 27.9 Å². The molecule has 0 saturated carbocycles. The molecule has 0 saturated heterocycles. The summed E-state index contributed by atoms with van der Waals surface area (Å²) in [5.41, 5.74) is 1.62. The van der Waals surface area contributed by atoms with Gasteiger partial charge in [0.15, 0.2) is 0 Å². The molecule has 128 valence electrons. The molecule has 0 bridgehead atoms. The van der Waals surface area contributed by atoms with Crippen molar-refractivity contribution in [2.45, 2.75) is 39.7 Å². The first-order chi connectivity index (χ1) is 11.5. The van der Waals surface area contributed by atoms with Gasteiger partial charge in [-0.05, 0) is 49.8 Å². The third kappa shape index (κ3) is 3.38. The van der Waals surface area contributed by atoms with Crippen molar-refractivity contribution in [2.75, 3.05) is 7.11 Å². The fraction of sp³-hybridized carbons (Fsp3) is 0.444. The number of ether oxygens (including phenoxy) is 2. The molecule has 0 radical (unpaired) electrons. The quantitative estimate of drug-likeness (QED) is 0.784. The number of thiophene rings is 1. The second kappa shape index (κ2) is 6.81. The zero-order valence-corrected chi connectivity index (χ0v) is 14.8. The van der Waals surface area contributed by atoms with Crippen LogP contribution in [0.5, 0.6) is 0 Å². The first-order valence-corrected chi connectivity index (χ1v) is 8.76. The summed E-state index contributed by atoms with van der Waals surface area (Å²) in [5.74, 6) is 0.730. The number of esters is 2. The predicted octanol–water partition coefficient (Wildman–Crippen LogP) is 3.92. The summed E-state index contributed by atoms with van der Waals surface area (Å²) in [7, 11) is 1.31. The van der Waals surface area contributed by atoms with Crippen LogP contribution < -0.4 is 0 Å². The lowest BCUT2D eigenvalue weighted by molar-refractivity contribution is 0.0449. The summed E-state index contributed by atoms with van der Waals surface area (Å²) in [6.45, 7) is 3.90. The lowest BCUT2D eigenvalue weighted by Crippen LogP contribution is -2.08. The number of hydrogen-bond donors (Lipinski definition) is 0. The highest BCUT2D eigenvalue weighted by Gasteiger charge is 2.22. The SMILES string of the molecule is COC(=O)c1cc(COC(=O)c2cc3c(s2)CC[C@H](C)C3)oc1C. The first-order valence-electron chi connectivity index (χ1n) is 7.94. The van der Waals surface area contributed by atoms with Gasteiger partial charge < -0.3 is 13.9 Å². The topological polar surface area (TPSA) is 65.7 Å². The Hall–Kier alpha value is -2.08. The molecule has 0 N–H and O–H groups in total. The monoisotopic (exact) mass is 348 g/mol. The van der Waals surface area contributed by atoms with E-state index in [1.165, 1.54) is 35.3 Å². The standard InChI is InChI=1S/C18H20O5S/c1-10-4-5-15-12(6-10)7-16(24-15)18(20)22-9-13-8-14(11(2)23-13)17(19)21-3/h7-8,10H,4-6,9H2,1-3H3/t10-/m0/s1. The molecule has 2 aromatic heterocycles. The van der Waals surface area contributed by atoms with Crippen molar-refractivity contribution in [3.63, 3.8) is 0 Å². The van der Waals surface area contributed by atoms with Gasteiger partial charge >= 0.3 is 11.9 Å². The average molecular weight is 348 g/mol. The summed E-state index contributed by atoms with van der Waals surface area (Å²) in [6, 6.07) is 3.50. The van der Waals surface area contributed by atoms with E-state index in [9.17, 15) is 9.59 Å². The molecule has 2 aromatic rings. The van der Waals surface area contributed by atoms with Crippen molar-refractivity contribution in [3.05, 3.63) is 44.5 Å². The van der Waals surface area contributed by atoms with Crippen molar-refractivity contribution < 1.29 is 23.5 Å². The molecule has 0 aliphatic heterocycles. The number of hydrogen-bond acceptors (Lipinski definition) is 6. The van der Waals surface area contributed by atoms with Gasteiger partial charge in [0, 0.05) is 4.88 Å². The Kier molecular flexibility index (Phi) is 4.76. The van der Waals surface area contributed by atoms with Gasteiger partial charge in [-0.25, -0.2) is 9.59 Å². The van der Waals surface area contributed by atoms with Gasteiger partial charge in [-0.15, -0.1) is 11.3 Å². The van der Waals surface area contributed by atoms with Gasteiger partial charge in [-0.3, -0.25) is 0 Å². The third-order valence-corrected chi connectivity index (χ3v) is 5.47. The number of aryl methyl sites for hydroxylation is 2. The minimum absolute atomic E-state index is 0.00433. The lowest BCUT2D eigenvalue weighted by Gasteiger charge is -2.16. The molecule has 0 aromatic carbocycles. The second-order valence-electron chi connectivity index (χ2n) is 6.16. The molecular formula is C18H20O5S. The predicted molar refractivity (Wildman–Crippen MR) is 89.4 cm³/mol. The summed E-state index contributed by atoms with van der Waals surface area (Å²) in [5, 5.41) is 0. The molecule has 2 heterocycles. The maximum Gasteiger partial charge on any atom is 0.348 e. The molecule has 1 aliphatic carbocycles. The highest BCUT2D eigenvalue weighted by Crippen LogP contribution is 2.32. The Labute approximate surface area is 144 Å². The van der Waals surface area contributed by atoms with E-state index in [1.54, 1.807) is 13.0 Å². The fourth-order valence-electron chi connectivity index (χ4n) is 2.94. The van der Waals surface area contributed by atoms with Crippen LogP contribution in [-0.2, 0) is 28.9 Å². The van der Waals surface area contributed by atoms with Crippen molar-refractivity contribution in [3.8, 4) is 0 Å². The van der Waals surface area contributed by atoms with E-state index in [1.807, 2.05) is 6.07 Å². The zero-order chi connectivity index (χ0) is 17.3. The van der Waals surface area contributed by atoms with Crippen LogP contribution >= 0.6 is 11.3 Å². The minimum Gasteiger partial charge on any atom is -0.465 e. The average Bonchev–Trinajstić information content (AvgIpc) is 3.14. The molecule has 1 aliphatic rings. The number of rotatable bonds is 4. The molecule has 6 heteroatoms. The van der Waals surface area contributed by atoms with Crippen LogP contribution in [0.2, 0.25) is 0 Å². The molecule has 5 nitrogen and oxygen atoms in total. The van der Waals surface area contributed by atoms with Crippen molar-refractivity contribution in [1.29, 1.82) is 0 Å². The highest BCUT2D eigenvalue weighted by atomic mass is 32.1. The fourth-order valence-corrected chi connectivity index (χ4v) is 4.04. The zero-order valence-electron chi connectivity index (χ0n) is 14.0. The normalized spacial score (nSPS) is 16.5. The molecule has 24 heavy (non-hydrogen) atoms. The largest absolute Gasteiger partial charge is 0.465 e. The van der Waals surface area contributed by atoms with E-state index >= 15 is 0 Å². The number of carbonyl (C=O) groups excluding carboxylic acids is 2. The van der Waals surface area contributed by atoms with E-state index in [2.05, 4.69) is 11.7 Å². The summed E-state index contributed by atoms with van der Waals surface area (Å²) >= 11 is 1.52. The van der Waals surface area contributed by atoms with Crippen molar-refractivity contribution in [1.82, 2.24) is 0 Å². The van der Waals surface area contributed by atoms with Gasteiger partial charge in [0.2, 0.25) is 0 Å². The smallest absolute Gasteiger partial charge is 0.348 e. The molecular weight excluding hydrogens is 328 g/mol. The highest BCUT2D eigenvalue weighted by molar-refractivity contribution is 7.14. The number of fused-ring (bicyclic) bond motifs is 1. The molecule has 0 spiro atoms. The third-order valence-electron chi connectivity index (χ3n) is 4.25. The Morgan fingerprint density at radius 1 is 1.33 bits per heavy atom. The van der Waals surface area contributed by atoms with E-state index in [-0.39, 0.29) is 12.6 Å². The van der Waals surface area contributed by atoms with Crippen molar-refractivity contribution in [2.24, 2.45) is 5.92 Å². The Bertz CT molecular complexity index is 770. The van der Waals surface area contributed by atoms with E-state index in [4.69, 9.17) is 9.15 Å². The molecule has 3 rings (SSSR count). The van der Waals surface area contributed by atoms with E-state index in [0.717, 1.165) is 12.8 Å². The van der Waals surface area contributed by atoms with Crippen LogP contribution in [-0.4, -0.2) is 19.0 Å². The van der Waals surface area contributed by atoms with Gasteiger partial charge in [-0.2, -0.15) is 0 Å². The Morgan fingerprint density at radius 3 is 2.88 bits per heavy atom. The Morgan fingerprint density at radius 2 is 2.12 bits per heavy atom. The summed E-state index contributed by atoms with van der Waals surface area (Å²) < 4.78 is 15.4. The van der Waals surface area contributed by atoms with Gasteiger partial charge in [0.05, 0.1) is 7.11 Å². The maximum absolute atomic E-state index is 12.3. The minimum atomic E-state index is -0.464. The lowest BCUT2D eigenvalue weighted by atomic mass is 9.90. The van der Waals surface area contributed by atoms with Crippen LogP contribution in [0.1, 0.15) is 55.3 Å². The second-order valence-corrected chi connectivity index (χ2v) is 7.29. The first kappa shape index (κ1) is 16.8. The molecule has 1 atom stereocenters. The number of carbonyl (C=O) groups is 2. The molecule has 0 unspecified atom stereocenters. The molecule has 0 fully saturated rings. The summed E-state index contributed by atoms with van der Waals surface area (Å²) in [4.78, 5) is 25.7. The number of methoxy groups -OCH3 is 1. The van der Waals surface area contributed by atoms with E-state index < -0.39 is 5.97 Å². The van der Waals surface area contributed by atoms with Crippen LogP contribution in [0.3, 0.4) is 0 Å². The summed E-state index contributed by atoms with van der Waals surface area (Å²) in [6.07, 6.45) is 3.23. The van der Waals surface area contributed by atoms with Crippen LogP contribution in [0.15, 0.2) is 16.5 Å².